The van der Waals surface area contributed by atoms with Gasteiger partial charge in [0.2, 0.25) is 0 Å². The van der Waals surface area contributed by atoms with E-state index < -0.39 is 0 Å². The minimum atomic E-state index is -0.149. The van der Waals surface area contributed by atoms with Gasteiger partial charge in [0.05, 0.1) is 12.1 Å². The largest absolute Gasteiger partial charge is 0.344 e. The van der Waals surface area contributed by atoms with Crippen LogP contribution in [-0.2, 0) is 0 Å². The Morgan fingerprint density at radius 1 is 1.40 bits per heavy atom. The molecule has 5 heteroatoms. The number of aromatic nitrogens is 1. The Kier molecular flexibility index (Phi) is 4.87. The second-order valence-electron chi connectivity index (χ2n) is 4.70. The molecule has 20 heavy (non-hydrogen) atoms. The first kappa shape index (κ1) is 14.7. The Bertz CT molecular complexity index is 566. The van der Waals surface area contributed by atoms with Crippen LogP contribution in [0, 0.1) is 0 Å². The molecule has 1 aromatic carbocycles. The first-order valence-electron chi connectivity index (χ1n) is 6.68. The van der Waals surface area contributed by atoms with E-state index >= 15 is 0 Å². The second kappa shape index (κ2) is 6.63. The van der Waals surface area contributed by atoms with Crippen molar-refractivity contribution in [1.82, 2.24) is 10.3 Å². The molecule has 2 rings (SSSR count). The normalized spacial score (nSPS) is 13.8. The molecule has 0 aliphatic rings. The number of thiazole rings is 1. The third-order valence-electron chi connectivity index (χ3n) is 3.06. The zero-order valence-electron chi connectivity index (χ0n) is 11.7. The molecule has 0 saturated carbocycles. The van der Waals surface area contributed by atoms with Crippen molar-refractivity contribution in [2.24, 2.45) is 5.73 Å². The van der Waals surface area contributed by atoms with Gasteiger partial charge in [0.1, 0.15) is 10.7 Å². The predicted octanol–water partition coefficient (Wildman–Crippen LogP) is 3.04. The topological polar surface area (TPSA) is 68.0 Å². The minimum absolute atomic E-state index is 0.00384. The molecule has 2 atom stereocenters. The SMILES string of the molecule is CCC(NC(=O)c1csc(C(C)N)n1)c1ccccc1. The van der Waals surface area contributed by atoms with E-state index in [2.05, 4.69) is 10.3 Å². The number of nitrogens with one attached hydrogen (secondary N) is 1. The van der Waals surface area contributed by atoms with E-state index in [1.54, 1.807) is 5.38 Å². The van der Waals surface area contributed by atoms with Gasteiger partial charge in [0.15, 0.2) is 0 Å². The number of nitrogens with zero attached hydrogens (tertiary/aromatic N) is 1. The number of benzene rings is 1. The van der Waals surface area contributed by atoms with Crippen molar-refractivity contribution in [2.75, 3.05) is 0 Å². The zero-order chi connectivity index (χ0) is 14.5. The highest BCUT2D eigenvalue weighted by atomic mass is 32.1. The summed E-state index contributed by atoms with van der Waals surface area (Å²) in [6.07, 6.45) is 0.833. The van der Waals surface area contributed by atoms with Crippen molar-refractivity contribution in [3.05, 3.63) is 52.0 Å². The van der Waals surface area contributed by atoms with E-state index in [0.29, 0.717) is 5.69 Å². The fourth-order valence-electron chi connectivity index (χ4n) is 1.94. The molecule has 4 nitrogen and oxygen atoms in total. The summed E-state index contributed by atoms with van der Waals surface area (Å²) in [5.74, 6) is -0.149. The highest BCUT2D eigenvalue weighted by Crippen LogP contribution is 2.19. The average Bonchev–Trinajstić information content (AvgIpc) is 2.95. The lowest BCUT2D eigenvalue weighted by atomic mass is 10.0. The molecule has 1 heterocycles. The maximum Gasteiger partial charge on any atom is 0.271 e. The Morgan fingerprint density at radius 3 is 2.65 bits per heavy atom. The predicted molar refractivity (Wildman–Crippen MR) is 81.7 cm³/mol. The molecule has 1 amide bonds. The summed E-state index contributed by atoms with van der Waals surface area (Å²) >= 11 is 1.42. The van der Waals surface area contributed by atoms with Gasteiger partial charge in [-0.25, -0.2) is 4.98 Å². The summed E-state index contributed by atoms with van der Waals surface area (Å²) in [5.41, 5.74) is 7.31. The number of rotatable bonds is 5. The maximum atomic E-state index is 12.2. The zero-order valence-corrected chi connectivity index (χ0v) is 12.5. The van der Waals surface area contributed by atoms with Crippen molar-refractivity contribution in [3.8, 4) is 0 Å². The van der Waals surface area contributed by atoms with Gasteiger partial charge in [-0.05, 0) is 18.9 Å². The summed E-state index contributed by atoms with van der Waals surface area (Å²) < 4.78 is 0. The van der Waals surface area contributed by atoms with Crippen molar-refractivity contribution in [2.45, 2.75) is 32.4 Å². The van der Waals surface area contributed by atoms with Crippen LogP contribution < -0.4 is 11.1 Å². The fraction of sp³-hybridized carbons (Fsp3) is 0.333. The number of carbonyl (C=O) groups is 1. The van der Waals surface area contributed by atoms with Crippen LogP contribution in [0.2, 0.25) is 0 Å². The lowest BCUT2D eigenvalue weighted by molar-refractivity contribution is 0.0931. The van der Waals surface area contributed by atoms with Gasteiger partial charge in [0.25, 0.3) is 5.91 Å². The molecule has 0 aliphatic heterocycles. The first-order valence-corrected chi connectivity index (χ1v) is 7.56. The standard InChI is InChI=1S/C15H19N3OS/c1-3-12(11-7-5-4-6-8-11)17-14(19)13-9-20-15(18-13)10(2)16/h4-10,12H,3,16H2,1-2H3,(H,17,19). The van der Waals surface area contributed by atoms with Crippen molar-refractivity contribution in [3.63, 3.8) is 0 Å². The highest BCUT2D eigenvalue weighted by molar-refractivity contribution is 7.09. The van der Waals surface area contributed by atoms with Crippen LogP contribution in [0.5, 0.6) is 0 Å². The van der Waals surface area contributed by atoms with E-state index in [1.807, 2.05) is 44.2 Å². The summed E-state index contributed by atoms with van der Waals surface area (Å²) in [6, 6.07) is 9.81. The molecule has 0 aliphatic carbocycles. The molecule has 2 unspecified atom stereocenters. The molecule has 0 saturated heterocycles. The Labute approximate surface area is 123 Å². The Hall–Kier alpha value is -1.72. The summed E-state index contributed by atoms with van der Waals surface area (Å²) in [7, 11) is 0. The van der Waals surface area contributed by atoms with Gasteiger partial charge in [-0.2, -0.15) is 0 Å². The summed E-state index contributed by atoms with van der Waals surface area (Å²) in [5, 5.41) is 5.55. The van der Waals surface area contributed by atoms with Crippen molar-refractivity contribution >= 4 is 17.2 Å². The lowest BCUT2D eigenvalue weighted by Gasteiger charge is -2.16. The quantitative estimate of drug-likeness (QED) is 0.889. The molecule has 3 N–H and O–H groups in total. The summed E-state index contributed by atoms with van der Waals surface area (Å²) in [6.45, 7) is 3.91. The second-order valence-corrected chi connectivity index (χ2v) is 5.59. The smallest absolute Gasteiger partial charge is 0.271 e. The molecular weight excluding hydrogens is 270 g/mol. The monoisotopic (exact) mass is 289 g/mol. The number of hydrogen-bond acceptors (Lipinski definition) is 4. The third kappa shape index (κ3) is 3.43. The van der Waals surface area contributed by atoms with Crippen molar-refractivity contribution in [1.29, 1.82) is 0 Å². The average molecular weight is 289 g/mol. The molecule has 106 valence electrons. The van der Waals surface area contributed by atoms with Gasteiger partial charge in [-0.1, -0.05) is 37.3 Å². The van der Waals surface area contributed by atoms with Crippen LogP contribution in [0.15, 0.2) is 35.7 Å². The van der Waals surface area contributed by atoms with Crippen LogP contribution in [0.4, 0.5) is 0 Å². The third-order valence-corrected chi connectivity index (χ3v) is 4.11. The van der Waals surface area contributed by atoms with Gasteiger partial charge in [-0.15, -0.1) is 11.3 Å². The van der Waals surface area contributed by atoms with E-state index in [1.165, 1.54) is 11.3 Å². The van der Waals surface area contributed by atoms with Crippen LogP contribution >= 0.6 is 11.3 Å². The molecule has 1 aromatic heterocycles. The number of amides is 1. The van der Waals surface area contributed by atoms with Crippen LogP contribution in [0.1, 0.15) is 53.4 Å². The molecular formula is C15H19N3OS. The van der Waals surface area contributed by atoms with Gasteiger partial charge < -0.3 is 11.1 Å². The first-order chi connectivity index (χ1) is 9.61. The summed E-state index contributed by atoms with van der Waals surface area (Å²) in [4.78, 5) is 16.5. The number of nitrogens with two attached hydrogens (primary N) is 1. The number of hydrogen-bond donors (Lipinski definition) is 2. The fourth-order valence-corrected chi connectivity index (χ4v) is 2.70. The van der Waals surface area contributed by atoms with Crippen LogP contribution in [0.3, 0.4) is 0 Å². The van der Waals surface area contributed by atoms with Crippen molar-refractivity contribution < 1.29 is 4.79 Å². The maximum absolute atomic E-state index is 12.2. The Balaban J connectivity index is 2.09. The minimum Gasteiger partial charge on any atom is -0.344 e. The molecule has 2 aromatic rings. The molecule has 0 bridgehead atoms. The molecule has 0 radical (unpaired) electrons. The van der Waals surface area contributed by atoms with Gasteiger partial charge in [-0.3, -0.25) is 4.79 Å². The van der Waals surface area contributed by atoms with E-state index in [-0.39, 0.29) is 18.0 Å². The molecule has 0 fully saturated rings. The van der Waals surface area contributed by atoms with E-state index in [9.17, 15) is 4.79 Å². The lowest BCUT2D eigenvalue weighted by Crippen LogP contribution is -2.28. The Morgan fingerprint density at radius 2 is 2.10 bits per heavy atom. The van der Waals surface area contributed by atoms with Gasteiger partial charge in [0, 0.05) is 5.38 Å². The number of carbonyl (C=O) groups excluding carboxylic acids is 1. The van der Waals surface area contributed by atoms with Gasteiger partial charge >= 0.3 is 0 Å². The van der Waals surface area contributed by atoms with Crippen LogP contribution in [0.25, 0.3) is 0 Å². The van der Waals surface area contributed by atoms with E-state index in [0.717, 1.165) is 17.0 Å². The van der Waals surface area contributed by atoms with Crippen LogP contribution in [-0.4, -0.2) is 10.9 Å². The molecule has 0 spiro atoms. The van der Waals surface area contributed by atoms with E-state index in [4.69, 9.17) is 5.73 Å². The highest BCUT2D eigenvalue weighted by Gasteiger charge is 2.17.